The van der Waals surface area contributed by atoms with Crippen LogP contribution in [0.3, 0.4) is 0 Å². The van der Waals surface area contributed by atoms with Crippen LogP contribution in [-0.2, 0) is 17.1 Å². The van der Waals surface area contributed by atoms with Crippen molar-refractivity contribution >= 4 is 17.6 Å². The molecule has 0 bridgehead atoms. The average Bonchev–Trinajstić information content (AvgIpc) is 2.16. The second kappa shape index (κ2) is 5.16. The number of carbonyl (C=O) groups is 1. The summed E-state index contributed by atoms with van der Waals surface area (Å²) in [5.41, 5.74) is -1.03. The lowest BCUT2D eigenvalue weighted by Gasteiger charge is -2.08. The first-order chi connectivity index (χ1) is 7.45. The second-order valence-corrected chi connectivity index (χ2v) is 3.25. The van der Waals surface area contributed by atoms with Crippen LogP contribution in [0.4, 0.5) is 13.2 Å². The molecule has 1 aromatic rings. The van der Waals surface area contributed by atoms with E-state index in [0.717, 1.165) is 6.07 Å². The van der Waals surface area contributed by atoms with E-state index in [1.54, 1.807) is 0 Å². The van der Waals surface area contributed by atoms with Crippen molar-refractivity contribution in [3.63, 3.8) is 0 Å². The number of carboxylic acid groups (broad SMARTS) is 1. The highest BCUT2D eigenvalue weighted by Crippen LogP contribution is 2.23. The molecule has 16 heavy (non-hydrogen) atoms. The molecular weight excluding hydrogens is 247 g/mol. The highest BCUT2D eigenvalue weighted by molar-refractivity contribution is 6.17. The fourth-order valence-electron chi connectivity index (χ4n) is 1.18. The summed E-state index contributed by atoms with van der Waals surface area (Å²) in [7, 11) is 0. The van der Waals surface area contributed by atoms with Crippen LogP contribution >= 0.6 is 11.6 Å². The van der Waals surface area contributed by atoms with Gasteiger partial charge in [0.2, 0.25) is 5.95 Å². The lowest BCUT2D eigenvalue weighted by molar-refractivity contribution is -0.136. The van der Waals surface area contributed by atoms with Crippen molar-refractivity contribution in [2.24, 2.45) is 0 Å². The maximum Gasteiger partial charge on any atom is 0.307 e. The Labute approximate surface area is 93.9 Å². The van der Waals surface area contributed by atoms with Crippen molar-refractivity contribution < 1.29 is 23.1 Å². The molecule has 0 amide bonds. The van der Waals surface area contributed by atoms with Crippen molar-refractivity contribution in [3.05, 3.63) is 28.8 Å². The van der Waals surface area contributed by atoms with Crippen LogP contribution in [-0.4, -0.2) is 16.1 Å². The number of aromatic nitrogens is 1. The highest BCUT2D eigenvalue weighted by Gasteiger charge is 2.18. The SMILES string of the molecule is O=C(O)Cc1cc(C(F)F)nc(F)c1CCl. The molecule has 0 unspecified atom stereocenters. The zero-order valence-corrected chi connectivity index (χ0v) is 8.64. The first-order valence-electron chi connectivity index (χ1n) is 4.19. The lowest BCUT2D eigenvalue weighted by Crippen LogP contribution is -2.08. The highest BCUT2D eigenvalue weighted by atomic mass is 35.5. The Morgan fingerprint density at radius 2 is 2.19 bits per heavy atom. The molecule has 0 aliphatic carbocycles. The molecule has 0 aromatic carbocycles. The number of nitrogens with zero attached hydrogens (tertiary/aromatic N) is 1. The number of aliphatic carboxylic acids is 1. The molecular formula is C9H7ClF3NO2. The van der Waals surface area contributed by atoms with Gasteiger partial charge in [-0.1, -0.05) is 0 Å². The van der Waals surface area contributed by atoms with Crippen molar-refractivity contribution in [2.75, 3.05) is 0 Å². The monoisotopic (exact) mass is 253 g/mol. The zero-order valence-electron chi connectivity index (χ0n) is 7.88. The first-order valence-corrected chi connectivity index (χ1v) is 4.73. The molecule has 0 saturated heterocycles. The minimum Gasteiger partial charge on any atom is -0.481 e. The Hall–Kier alpha value is -1.30. The lowest BCUT2D eigenvalue weighted by atomic mass is 10.1. The topological polar surface area (TPSA) is 50.2 Å². The first kappa shape index (κ1) is 12.8. The Kier molecular flexibility index (Phi) is 4.12. The third-order valence-corrected chi connectivity index (χ3v) is 2.15. The van der Waals surface area contributed by atoms with Gasteiger partial charge in [-0.2, -0.15) is 4.39 Å². The molecule has 1 heterocycles. The predicted molar refractivity (Wildman–Crippen MR) is 50.0 cm³/mol. The maximum absolute atomic E-state index is 13.2. The van der Waals surface area contributed by atoms with E-state index >= 15 is 0 Å². The van der Waals surface area contributed by atoms with Gasteiger partial charge in [0.1, 0.15) is 5.69 Å². The number of halogens is 4. The van der Waals surface area contributed by atoms with E-state index in [4.69, 9.17) is 16.7 Å². The van der Waals surface area contributed by atoms with Crippen LogP contribution in [0.25, 0.3) is 0 Å². The standard InChI is InChI=1S/C9H7ClF3NO2/c10-3-5-4(2-7(15)16)1-6(8(11)12)14-9(5)13/h1,8H,2-3H2,(H,15,16). The average molecular weight is 254 g/mol. The molecule has 1 aromatic heterocycles. The van der Waals surface area contributed by atoms with E-state index in [1.165, 1.54) is 0 Å². The van der Waals surface area contributed by atoms with E-state index in [2.05, 4.69) is 4.98 Å². The normalized spacial score (nSPS) is 10.8. The molecule has 0 atom stereocenters. The van der Waals surface area contributed by atoms with Crippen molar-refractivity contribution in [1.82, 2.24) is 4.98 Å². The van der Waals surface area contributed by atoms with Crippen LogP contribution in [0.15, 0.2) is 6.07 Å². The van der Waals surface area contributed by atoms with Gasteiger partial charge in [0, 0.05) is 5.56 Å². The molecule has 0 aliphatic heterocycles. The molecule has 0 saturated carbocycles. The van der Waals surface area contributed by atoms with Gasteiger partial charge in [-0.05, 0) is 11.6 Å². The van der Waals surface area contributed by atoms with Crippen LogP contribution < -0.4 is 0 Å². The summed E-state index contributed by atoms with van der Waals surface area (Å²) in [6, 6.07) is 0.861. The van der Waals surface area contributed by atoms with Crippen LogP contribution in [0.1, 0.15) is 23.2 Å². The summed E-state index contributed by atoms with van der Waals surface area (Å²) in [4.78, 5) is 13.5. The Bertz CT molecular complexity index is 412. The third kappa shape index (κ3) is 2.85. The van der Waals surface area contributed by atoms with E-state index < -0.39 is 30.5 Å². The van der Waals surface area contributed by atoms with E-state index in [-0.39, 0.29) is 17.0 Å². The molecule has 1 rings (SSSR count). The van der Waals surface area contributed by atoms with Gasteiger partial charge in [-0.15, -0.1) is 11.6 Å². The molecule has 7 heteroatoms. The third-order valence-electron chi connectivity index (χ3n) is 1.88. The smallest absolute Gasteiger partial charge is 0.307 e. The molecule has 0 aliphatic rings. The minimum atomic E-state index is -2.95. The molecule has 0 radical (unpaired) electrons. The summed E-state index contributed by atoms with van der Waals surface area (Å²) in [6.45, 7) is 0. The number of hydrogen-bond acceptors (Lipinski definition) is 2. The van der Waals surface area contributed by atoms with Crippen molar-refractivity contribution in [2.45, 2.75) is 18.7 Å². The summed E-state index contributed by atoms with van der Waals surface area (Å²) >= 11 is 5.39. The molecule has 0 fully saturated rings. The van der Waals surface area contributed by atoms with Gasteiger partial charge >= 0.3 is 5.97 Å². The van der Waals surface area contributed by atoms with Gasteiger partial charge in [-0.3, -0.25) is 4.79 Å². The van der Waals surface area contributed by atoms with Crippen LogP contribution in [0, 0.1) is 5.95 Å². The zero-order chi connectivity index (χ0) is 12.3. The summed E-state index contributed by atoms with van der Waals surface area (Å²) in [5, 5.41) is 8.53. The number of alkyl halides is 3. The van der Waals surface area contributed by atoms with Crippen molar-refractivity contribution in [3.8, 4) is 0 Å². The Morgan fingerprint density at radius 1 is 1.56 bits per heavy atom. The van der Waals surface area contributed by atoms with Gasteiger partial charge in [-0.25, -0.2) is 13.8 Å². The Balaban J connectivity index is 3.24. The van der Waals surface area contributed by atoms with E-state index in [0.29, 0.717) is 0 Å². The summed E-state index contributed by atoms with van der Waals surface area (Å²) in [5.74, 6) is -2.72. The maximum atomic E-state index is 13.2. The van der Waals surface area contributed by atoms with Gasteiger partial charge in [0.25, 0.3) is 6.43 Å². The fraction of sp³-hybridized carbons (Fsp3) is 0.333. The van der Waals surface area contributed by atoms with Gasteiger partial charge in [0.05, 0.1) is 12.3 Å². The largest absolute Gasteiger partial charge is 0.481 e. The predicted octanol–water partition coefficient (Wildman–Crippen LogP) is 2.52. The second-order valence-electron chi connectivity index (χ2n) is 2.98. The fourth-order valence-corrected chi connectivity index (χ4v) is 1.47. The molecule has 1 N–H and O–H groups in total. The summed E-state index contributed by atoms with van der Waals surface area (Å²) < 4.78 is 37.8. The minimum absolute atomic E-state index is 0.0784. The van der Waals surface area contributed by atoms with E-state index in [1.807, 2.05) is 0 Å². The van der Waals surface area contributed by atoms with Crippen LogP contribution in [0.2, 0.25) is 0 Å². The number of rotatable bonds is 4. The number of hydrogen-bond donors (Lipinski definition) is 1. The van der Waals surface area contributed by atoms with E-state index in [9.17, 15) is 18.0 Å². The number of pyridine rings is 1. The van der Waals surface area contributed by atoms with Gasteiger partial charge < -0.3 is 5.11 Å². The molecule has 88 valence electrons. The quantitative estimate of drug-likeness (QED) is 0.663. The Morgan fingerprint density at radius 3 is 2.62 bits per heavy atom. The molecule has 0 spiro atoms. The van der Waals surface area contributed by atoms with Crippen LogP contribution in [0.5, 0.6) is 0 Å². The number of carboxylic acids is 1. The summed E-state index contributed by atoms with van der Waals surface area (Å²) in [6.07, 6.45) is -3.52. The van der Waals surface area contributed by atoms with Crippen molar-refractivity contribution in [1.29, 1.82) is 0 Å². The molecule has 3 nitrogen and oxygen atoms in total. The van der Waals surface area contributed by atoms with Gasteiger partial charge in [0.15, 0.2) is 0 Å².